The quantitative estimate of drug-likeness (QED) is 0.892. The third-order valence-electron chi connectivity index (χ3n) is 3.96. The highest BCUT2D eigenvalue weighted by Gasteiger charge is 2.21. The van der Waals surface area contributed by atoms with Crippen molar-refractivity contribution in [3.63, 3.8) is 0 Å². The highest BCUT2D eigenvalue weighted by atomic mass is 32.1. The van der Waals surface area contributed by atoms with Crippen molar-refractivity contribution in [2.45, 2.75) is 33.0 Å². The lowest BCUT2D eigenvalue weighted by molar-refractivity contribution is -0.0672. The topological polar surface area (TPSA) is 66.5 Å². The maximum Gasteiger partial charge on any atom is 0.319 e. The molecule has 2 aromatic rings. The molecule has 1 aromatic carbocycles. The number of carbonyl (C=O) groups excluding carboxylic acids is 1. The van der Waals surface area contributed by atoms with Crippen molar-refractivity contribution in [2.75, 3.05) is 31.5 Å². The predicted molar refractivity (Wildman–Crippen MR) is 97.8 cm³/mol. The monoisotopic (exact) mass is 348 g/mol. The van der Waals surface area contributed by atoms with Gasteiger partial charge >= 0.3 is 6.03 Å². The zero-order chi connectivity index (χ0) is 17.1. The zero-order valence-electron chi connectivity index (χ0n) is 14.3. The maximum absolute atomic E-state index is 12.0. The number of thiazole rings is 1. The van der Waals surface area contributed by atoms with Crippen molar-refractivity contribution in [1.29, 1.82) is 0 Å². The number of anilines is 1. The minimum atomic E-state index is -0.176. The minimum absolute atomic E-state index is 0.176. The minimum Gasteiger partial charge on any atom is -0.373 e. The van der Waals surface area contributed by atoms with E-state index in [0.717, 1.165) is 40.5 Å². The van der Waals surface area contributed by atoms with Crippen LogP contribution in [0.5, 0.6) is 0 Å². The number of ether oxygens (including phenoxy) is 1. The van der Waals surface area contributed by atoms with Crippen LogP contribution in [0.2, 0.25) is 0 Å². The highest BCUT2D eigenvalue weighted by Crippen LogP contribution is 2.24. The van der Waals surface area contributed by atoms with Gasteiger partial charge in [-0.2, -0.15) is 0 Å². The largest absolute Gasteiger partial charge is 0.373 e. The summed E-state index contributed by atoms with van der Waals surface area (Å²) in [4.78, 5) is 18.8. The Labute approximate surface area is 146 Å². The van der Waals surface area contributed by atoms with E-state index in [1.54, 1.807) is 11.3 Å². The molecule has 1 fully saturated rings. The van der Waals surface area contributed by atoms with Gasteiger partial charge in [-0.3, -0.25) is 4.90 Å². The lowest BCUT2D eigenvalue weighted by atomic mass is 10.2. The van der Waals surface area contributed by atoms with Crippen molar-refractivity contribution in [1.82, 2.24) is 15.2 Å². The van der Waals surface area contributed by atoms with E-state index in [1.807, 2.05) is 25.1 Å². The van der Waals surface area contributed by atoms with Gasteiger partial charge in [-0.1, -0.05) is 0 Å². The fraction of sp³-hybridized carbons (Fsp3) is 0.529. The molecule has 3 rings (SSSR count). The summed E-state index contributed by atoms with van der Waals surface area (Å²) in [7, 11) is 0. The molecule has 24 heavy (non-hydrogen) atoms. The summed E-state index contributed by atoms with van der Waals surface area (Å²) in [5.41, 5.74) is 1.76. The van der Waals surface area contributed by atoms with Crippen LogP contribution in [-0.2, 0) is 4.74 Å². The van der Waals surface area contributed by atoms with Gasteiger partial charge in [-0.15, -0.1) is 11.3 Å². The van der Waals surface area contributed by atoms with Crippen LogP contribution in [-0.4, -0.2) is 54.3 Å². The number of rotatable bonds is 4. The van der Waals surface area contributed by atoms with Crippen LogP contribution in [0, 0.1) is 6.92 Å². The Morgan fingerprint density at radius 1 is 1.38 bits per heavy atom. The first-order valence-electron chi connectivity index (χ1n) is 8.29. The number of nitrogens with zero attached hydrogens (tertiary/aromatic N) is 2. The summed E-state index contributed by atoms with van der Waals surface area (Å²) < 4.78 is 6.80. The molecular weight excluding hydrogens is 324 g/mol. The molecule has 0 saturated carbocycles. The molecule has 1 aromatic heterocycles. The molecule has 2 N–H and O–H groups in total. The third kappa shape index (κ3) is 4.43. The molecule has 0 radical (unpaired) electrons. The van der Waals surface area contributed by atoms with Crippen molar-refractivity contribution in [3.05, 3.63) is 23.2 Å². The van der Waals surface area contributed by atoms with Crippen LogP contribution in [0.4, 0.5) is 10.5 Å². The maximum atomic E-state index is 12.0. The molecule has 2 heterocycles. The van der Waals surface area contributed by atoms with Crippen LogP contribution in [0.1, 0.15) is 18.9 Å². The second kappa shape index (κ2) is 7.46. The molecule has 6 nitrogen and oxygen atoms in total. The molecule has 0 unspecified atom stereocenters. The summed E-state index contributed by atoms with van der Waals surface area (Å²) >= 11 is 1.63. The summed E-state index contributed by atoms with van der Waals surface area (Å²) in [5.74, 6) is 0. The number of nitrogens with one attached hydrogen (secondary N) is 2. The van der Waals surface area contributed by atoms with Crippen LogP contribution in [0.3, 0.4) is 0 Å². The van der Waals surface area contributed by atoms with Crippen LogP contribution in [0.25, 0.3) is 10.2 Å². The summed E-state index contributed by atoms with van der Waals surface area (Å²) in [6.07, 6.45) is 0.495. The summed E-state index contributed by atoms with van der Waals surface area (Å²) in [6, 6.07) is 5.60. The standard InChI is InChI=1S/C17H24N4O2S/c1-11-9-21(10-12(2)23-11)7-6-18-17(22)20-14-4-5-15-16(8-14)24-13(3)19-15/h4-5,8,11-12H,6-7,9-10H2,1-3H3,(H2,18,20,22)/t11-,12-/m1/s1. The number of morpholine rings is 1. The molecule has 7 heteroatoms. The van der Waals surface area contributed by atoms with Crippen LogP contribution in [0.15, 0.2) is 18.2 Å². The predicted octanol–water partition coefficient (Wildman–Crippen LogP) is 2.84. The average molecular weight is 348 g/mol. The molecule has 2 amide bonds. The molecule has 2 atom stereocenters. The SMILES string of the molecule is Cc1nc2ccc(NC(=O)NCCN3C[C@@H](C)O[C@H](C)C3)cc2s1. The number of amides is 2. The number of benzene rings is 1. The molecule has 0 bridgehead atoms. The van der Waals surface area contributed by atoms with Crippen LogP contribution >= 0.6 is 11.3 Å². The van der Waals surface area contributed by atoms with Gasteiger partial charge in [-0.25, -0.2) is 9.78 Å². The van der Waals surface area contributed by atoms with Crippen molar-refractivity contribution < 1.29 is 9.53 Å². The van der Waals surface area contributed by atoms with E-state index in [4.69, 9.17) is 4.74 Å². The van der Waals surface area contributed by atoms with Gasteiger partial charge in [0.15, 0.2) is 0 Å². The third-order valence-corrected chi connectivity index (χ3v) is 4.90. The van der Waals surface area contributed by atoms with E-state index in [2.05, 4.69) is 34.4 Å². The number of urea groups is 1. The summed E-state index contributed by atoms with van der Waals surface area (Å²) in [5, 5.41) is 6.83. The second-order valence-corrected chi connectivity index (χ2v) is 7.55. The van der Waals surface area contributed by atoms with Gasteiger partial charge in [0.2, 0.25) is 0 Å². The first-order chi connectivity index (χ1) is 11.5. The van der Waals surface area contributed by atoms with Crippen molar-refractivity contribution >= 4 is 33.3 Å². The van der Waals surface area contributed by atoms with Gasteiger partial charge in [0.05, 0.1) is 27.4 Å². The fourth-order valence-electron chi connectivity index (χ4n) is 3.09. The summed E-state index contributed by atoms with van der Waals surface area (Å²) in [6.45, 7) is 9.42. The van der Waals surface area contributed by atoms with Crippen LogP contribution < -0.4 is 10.6 Å². The zero-order valence-corrected chi connectivity index (χ0v) is 15.2. The Bertz CT molecular complexity index is 708. The number of fused-ring (bicyclic) bond motifs is 1. The van der Waals surface area contributed by atoms with E-state index >= 15 is 0 Å². The smallest absolute Gasteiger partial charge is 0.319 e. The van der Waals surface area contributed by atoms with E-state index in [0.29, 0.717) is 6.54 Å². The van der Waals surface area contributed by atoms with Gasteiger partial charge in [0.25, 0.3) is 0 Å². The van der Waals surface area contributed by atoms with E-state index in [1.165, 1.54) is 0 Å². The Balaban J connectivity index is 1.46. The number of carbonyl (C=O) groups is 1. The molecule has 130 valence electrons. The molecule has 0 aliphatic carbocycles. The first-order valence-corrected chi connectivity index (χ1v) is 9.11. The Morgan fingerprint density at radius 2 is 2.12 bits per heavy atom. The molecule has 1 aliphatic heterocycles. The van der Waals surface area contributed by atoms with Gasteiger partial charge in [0, 0.05) is 31.9 Å². The lowest BCUT2D eigenvalue weighted by Gasteiger charge is -2.35. The second-order valence-electron chi connectivity index (χ2n) is 6.31. The first kappa shape index (κ1) is 17.1. The Kier molecular flexibility index (Phi) is 5.33. The van der Waals surface area contributed by atoms with Gasteiger partial charge < -0.3 is 15.4 Å². The van der Waals surface area contributed by atoms with Crippen molar-refractivity contribution in [3.8, 4) is 0 Å². The number of aromatic nitrogens is 1. The Hall–Kier alpha value is -1.70. The number of hydrogen-bond acceptors (Lipinski definition) is 5. The van der Waals surface area contributed by atoms with E-state index in [-0.39, 0.29) is 18.2 Å². The van der Waals surface area contributed by atoms with Gasteiger partial charge in [-0.05, 0) is 39.0 Å². The molecule has 0 spiro atoms. The highest BCUT2D eigenvalue weighted by molar-refractivity contribution is 7.18. The molecular formula is C17H24N4O2S. The number of hydrogen-bond donors (Lipinski definition) is 2. The van der Waals surface area contributed by atoms with E-state index in [9.17, 15) is 4.79 Å². The fourth-order valence-corrected chi connectivity index (χ4v) is 3.95. The Morgan fingerprint density at radius 3 is 2.88 bits per heavy atom. The molecule has 1 saturated heterocycles. The van der Waals surface area contributed by atoms with E-state index < -0.39 is 0 Å². The molecule has 1 aliphatic rings. The normalized spacial score (nSPS) is 21.8. The average Bonchev–Trinajstić information content (AvgIpc) is 2.85. The van der Waals surface area contributed by atoms with Crippen molar-refractivity contribution in [2.24, 2.45) is 0 Å². The number of aryl methyl sites for hydroxylation is 1. The lowest BCUT2D eigenvalue weighted by Crippen LogP contribution is -2.48. The van der Waals surface area contributed by atoms with Gasteiger partial charge in [0.1, 0.15) is 0 Å².